The third kappa shape index (κ3) is 4.61. The summed E-state index contributed by atoms with van der Waals surface area (Å²) >= 11 is 10.7. The number of nitrogens with one attached hydrogen (secondary N) is 1. The van der Waals surface area contributed by atoms with E-state index in [1.807, 2.05) is 23.6 Å². The van der Waals surface area contributed by atoms with Gasteiger partial charge in [0, 0.05) is 16.0 Å². The summed E-state index contributed by atoms with van der Waals surface area (Å²) in [5.41, 5.74) is 1.83. The van der Waals surface area contributed by atoms with Gasteiger partial charge >= 0.3 is 0 Å². The number of hydrogen-bond donors (Lipinski definition) is 1. The molecule has 146 valence electrons. The monoisotopic (exact) mass is 486 g/mol. The Bertz CT molecular complexity index is 1190. The number of ether oxygens (including phenoxy) is 1. The molecule has 0 radical (unpaired) electrons. The van der Waals surface area contributed by atoms with E-state index in [-0.39, 0.29) is 5.91 Å². The number of carbonyl (C=O) groups is 1. The second-order valence-corrected chi connectivity index (χ2v) is 8.57. The summed E-state index contributed by atoms with van der Waals surface area (Å²) in [5, 5.41) is 8.21. The number of hydrogen-bond acceptors (Lipinski definition) is 4. The minimum atomic E-state index is -0.694. The molecule has 4 nitrogen and oxygen atoms in total. The third-order valence-corrected chi connectivity index (χ3v) is 5.96. The quantitative estimate of drug-likeness (QED) is 0.337. The van der Waals surface area contributed by atoms with Gasteiger partial charge in [0.05, 0.1) is 10.2 Å². The first-order valence-electron chi connectivity index (χ1n) is 8.87. The maximum Gasteiger partial charge on any atom is 0.266 e. The Kier molecular flexibility index (Phi) is 5.85. The molecule has 0 aliphatic rings. The Morgan fingerprint density at radius 2 is 1.93 bits per heavy atom. The van der Waals surface area contributed by atoms with Crippen molar-refractivity contribution < 1.29 is 9.53 Å². The fourth-order valence-corrected chi connectivity index (χ4v) is 4.33. The van der Waals surface area contributed by atoms with Gasteiger partial charge in [-0.2, -0.15) is 0 Å². The van der Waals surface area contributed by atoms with Gasteiger partial charge in [0.1, 0.15) is 5.75 Å². The van der Waals surface area contributed by atoms with E-state index in [9.17, 15) is 4.79 Å². The first kappa shape index (κ1) is 19.9. The number of aromatic nitrogens is 1. The minimum absolute atomic E-state index is 0.272. The summed E-state index contributed by atoms with van der Waals surface area (Å²) in [4.78, 5) is 17.1. The number of halogens is 2. The van der Waals surface area contributed by atoms with E-state index < -0.39 is 6.10 Å². The van der Waals surface area contributed by atoms with Crippen LogP contribution in [-0.2, 0) is 4.79 Å². The van der Waals surface area contributed by atoms with Crippen LogP contribution in [0.1, 0.15) is 6.92 Å². The Hall–Kier alpha value is -2.41. The second kappa shape index (κ2) is 8.53. The molecule has 1 amide bonds. The number of fused-ring (bicyclic) bond motifs is 1. The molecule has 1 heterocycles. The topological polar surface area (TPSA) is 51.2 Å². The second-order valence-electron chi connectivity index (χ2n) is 6.42. The van der Waals surface area contributed by atoms with Crippen molar-refractivity contribution in [2.24, 2.45) is 0 Å². The zero-order valence-electron chi connectivity index (χ0n) is 15.4. The highest BCUT2D eigenvalue weighted by Crippen LogP contribution is 2.30. The summed E-state index contributed by atoms with van der Waals surface area (Å²) in [6.07, 6.45) is -0.694. The lowest BCUT2D eigenvalue weighted by Crippen LogP contribution is -2.30. The Morgan fingerprint density at radius 3 is 2.72 bits per heavy atom. The molecule has 4 rings (SSSR count). The molecule has 1 aromatic heterocycles. The SMILES string of the molecule is CC(Oc1ccc(Cl)cc1Br)C(=O)Nc1nc(-c2ccc3ccccc3c2)cs1. The lowest BCUT2D eigenvalue weighted by Gasteiger charge is -2.15. The molecule has 0 spiro atoms. The van der Waals surface area contributed by atoms with Crippen LogP contribution in [0.5, 0.6) is 5.75 Å². The Labute approximate surface area is 185 Å². The molecule has 29 heavy (non-hydrogen) atoms. The molecule has 0 fully saturated rings. The van der Waals surface area contributed by atoms with E-state index in [4.69, 9.17) is 16.3 Å². The molecular formula is C22H16BrClN2O2S. The van der Waals surface area contributed by atoms with Crippen LogP contribution in [0.15, 0.2) is 70.5 Å². The molecule has 0 bridgehead atoms. The van der Waals surface area contributed by atoms with E-state index in [0.717, 1.165) is 16.6 Å². The molecule has 0 aliphatic carbocycles. The van der Waals surface area contributed by atoms with Gasteiger partial charge in [-0.1, -0.05) is 48.0 Å². The van der Waals surface area contributed by atoms with E-state index in [0.29, 0.717) is 20.4 Å². The molecule has 7 heteroatoms. The van der Waals surface area contributed by atoms with Crippen molar-refractivity contribution in [2.45, 2.75) is 13.0 Å². The van der Waals surface area contributed by atoms with E-state index in [1.54, 1.807) is 25.1 Å². The fourth-order valence-electron chi connectivity index (χ4n) is 2.83. The maximum absolute atomic E-state index is 12.5. The maximum atomic E-state index is 12.5. The van der Waals surface area contributed by atoms with Crippen LogP contribution in [-0.4, -0.2) is 17.0 Å². The molecule has 0 saturated carbocycles. The Balaban J connectivity index is 1.45. The van der Waals surface area contributed by atoms with Crippen molar-refractivity contribution in [3.63, 3.8) is 0 Å². The van der Waals surface area contributed by atoms with E-state index in [2.05, 4.69) is 50.5 Å². The molecule has 1 N–H and O–H groups in total. The largest absolute Gasteiger partial charge is 0.480 e. The molecule has 4 aromatic rings. The van der Waals surface area contributed by atoms with Crippen LogP contribution >= 0.6 is 38.9 Å². The highest BCUT2D eigenvalue weighted by molar-refractivity contribution is 9.10. The molecule has 1 atom stereocenters. The average molecular weight is 488 g/mol. The summed E-state index contributed by atoms with van der Waals surface area (Å²) < 4.78 is 6.43. The lowest BCUT2D eigenvalue weighted by molar-refractivity contribution is -0.122. The van der Waals surface area contributed by atoms with Crippen LogP contribution in [0, 0.1) is 0 Å². The molecule has 3 aromatic carbocycles. The van der Waals surface area contributed by atoms with Gasteiger partial charge < -0.3 is 4.74 Å². The van der Waals surface area contributed by atoms with Crippen molar-refractivity contribution >= 4 is 60.7 Å². The predicted octanol–water partition coefficient (Wildman–Crippen LogP) is 6.79. The number of nitrogens with zero attached hydrogens (tertiary/aromatic N) is 1. The number of rotatable bonds is 5. The molecule has 1 unspecified atom stereocenters. The van der Waals surface area contributed by atoms with Crippen molar-refractivity contribution in [3.05, 3.63) is 75.5 Å². The van der Waals surface area contributed by atoms with Gasteiger partial charge in [0.2, 0.25) is 0 Å². The van der Waals surface area contributed by atoms with Crippen LogP contribution in [0.25, 0.3) is 22.0 Å². The normalized spacial score (nSPS) is 12.0. The first-order chi connectivity index (χ1) is 14.0. The number of carbonyl (C=O) groups excluding carboxylic acids is 1. The van der Waals surface area contributed by atoms with Crippen molar-refractivity contribution in [3.8, 4) is 17.0 Å². The van der Waals surface area contributed by atoms with E-state index in [1.165, 1.54) is 16.7 Å². The summed E-state index contributed by atoms with van der Waals surface area (Å²) in [6.45, 7) is 1.69. The van der Waals surface area contributed by atoms with Crippen LogP contribution in [0.2, 0.25) is 5.02 Å². The van der Waals surface area contributed by atoms with Gasteiger partial charge in [-0.25, -0.2) is 4.98 Å². The fraction of sp³-hybridized carbons (Fsp3) is 0.0909. The number of amides is 1. The standard InChI is InChI=1S/C22H16BrClN2O2S/c1-13(28-20-9-8-17(24)11-18(20)23)21(27)26-22-25-19(12-29-22)16-7-6-14-4-2-3-5-15(14)10-16/h2-13H,1H3,(H,25,26,27). The molecule has 0 aliphatic heterocycles. The highest BCUT2D eigenvalue weighted by Gasteiger charge is 2.18. The summed E-state index contributed by atoms with van der Waals surface area (Å²) in [7, 11) is 0. The van der Waals surface area contributed by atoms with Crippen molar-refractivity contribution in [1.82, 2.24) is 4.98 Å². The van der Waals surface area contributed by atoms with Gasteiger partial charge in [-0.05, 0) is 57.9 Å². The Morgan fingerprint density at radius 1 is 1.14 bits per heavy atom. The zero-order valence-corrected chi connectivity index (χ0v) is 18.5. The number of anilines is 1. The molecule has 0 saturated heterocycles. The zero-order chi connectivity index (χ0) is 20.4. The van der Waals surface area contributed by atoms with Crippen molar-refractivity contribution in [1.29, 1.82) is 0 Å². The van der Waals surface area contributed by atoms with Gasteiger partial charge in [0.25, 0.3) is 5.91 Å². The average Bonchev–Trinajstić information content (AvgIpc) is 3.18. The first-order valence-corrected chi connectivity index (χ1v) is 10.9. The van der Waals surface area contributed by atoms with Crippen LogP contribution in [0.4, 0.5) is 5.13 Å². The molecular weight excluding hydrogens is 472 g/mol. The minimum Gasteiger partial charge on any atom is -0.480 e. The lowest BCUT2D eigenvalue weighted by atomic mass is 10.1. The van der Waals surface area contributed by atoms with Crippen molar-refractivity contribution in [2.75, 3.05) is 5.32 Å². The predicted molar refractivity (Wildman–Crippen MR) is 123 cm³/mol. The van der Waals surface area contributed by atoms with Gasteiger partial charge in [-0.15, -0.1) is 11.3 Å². The highest BCUT2D eigenvalue weighted by atomic mass is 79.9. The number of thiazole rings is 1. The third-order valence-electron chi connectivity index (χ3n) is 4.35. The smallest absolute Gasteiger partial charge is 0.266 e. The van der Waals surface area contributed by atoms with Gasteiger partial charge in [0.15, 0.2) is 11.2 Å². The summed E-state index contributed by atoms with van der Waals surface area (Å²) in [6, 6.07) is 19.5. The van der Waals surface area contributed by atoms with Crippen LogP contribution < -0.4 is 10.1 Å². The van der Waals surface area contributed by atoms with Gasteiger partial charge in [-0.3, -0.25) is 10.1 Å². The summed E-state index contributed by atoms with van der Waals surface area (Å²) in [5.74, 6) is 0.277. The van der Waals surface area contributed by atoms with E-state index >= 15 is 0 Å². The number of benzene rings is 3. The van der Waals surface area contributed by atoms with Crippen LogP contribution in [0.3, 0.4) is 0 Å².